The lowest BCUT2D eigenvalue weighted by Crippen LogP contribution is -2.19. The van der Waals surface area contributed by atoms with Crippen LogP contribution in [-0.2, 0) is 5.60 Å². The van der Waals surface area contributed by atoms with Gasteiger partial charge in [-0.25, -0.2) is 24.3 Å². The summed E-state index contributed by atoms with van der Waals surface area (Å²) in [6.45, 7) is 3.18. The molecule has 1 aromatic carbocycles. The summed E-state index contributed by atoms with van der Waals surface area (Å²) < 4.78 is 22.6. The Morgan fingerprint density at radius 1 is 1.24 bits per heavy atom. The second-order valence-electron chi connectivity index (χ2n) is 8.59. The van der Waals surface area contributed by atoms with E-state index in [0.717, 1.165) is 0 Å². The molecule has 0 spiro atoms. The third-order valence-corrected chi connectivity index (χ3v) is 6.19. The number of imidazole rings is 1. The topological polar surface area (TPSA) is 112 Å². The Bertz CT molecular complexity index is 1370. The van der Waals surface area contributed by atoms with Crippen molar-refractivity contribution in [2.24, 2.45) is 5.73 Å². The lowest BCUT2D eigenvalue weighted by molar-refractivity contribution is 0.0687. The lowest BCUT2D eigenvalue weighted by Gasteiger charge is -2.19. The van der Waals surface area contributed by atoms with Crippen LogP contribution in [0.3, 0.4) is 0 Å². The molecule has 0 fully saturated rings. The molecule has 3 N–H and O–H groups in total. The molecule has 3 aromatic heterocycles. The van der Waals surface area contributed by atoms with Crippen molar-refractivity contribution in [3.8, 4) is 16.9 Å². The van der Waals surface area contributed by atoms with Crippen LogP contribution in [0.5, 0.6) is 5.75 Å². The number of aliphatic hydroxyl groups is 1. The first-order valence-electron chi connectivity index (χ1n) is 10.4. The molecule has 0 saturated heterocycles. The molecule has 1 aliphatic rings. The average Bonchev–Trinajstić information content (AvgIpc) is 3.29. The second kappa shape index (κ2) is 7.72. The fourth-order valence-corrected chi connectivity index (χ4v) is 4.61. The van der Waals surface area contributed by atoms with Gasteiger partial charge in [0.05, 0.1) is 35.8 Å². The molecule has 0 saturated carbocycles. The van der Waals surface area contributed by atoms with Gasteiger partial charge in [0.2, 0.25) is 0 Å². The first-order chi connectivity index (χ1) is 15.7. The number of benzene rings is 1. The molecule has 2 atom stereocenters. The monoisotopic (exact) mass is 468 g/mol. The van der Waals surface area contributed by atoms with Crippen molar-refractivity contribution in [3.05, 3.63) is 65.0 Å². The van der Waals surface area contributed by atoms with E-state index in [1.807, 2.05) is 4.57 Å². The zero-order chi connectivity index (χ0) is 23.5. The predicted octanol–water partition coefficient (Wildman–Crippen LogP) is 3.91. The summed E-state index contributed by atoms with van der Waals surface area (Å²) in [5.41, 5.74) is 7.89. The first-order valence-corrected chi connectivity index (χ1v) is 10.8. The van der Waals surface area contributed by atoms with Gasteiger partial charge in [0.15, 0.2) is 5.82 Å². The highest BCUT2D eigenvalue weighted by molar-refractivity contribution is 6.30. The third-order valence-electron chi connectivity index (χ3n) is 5.89. The number of pyridine rings is 1. The van der Waals surface area contributed by atoms with Crippen LogP contribution >= 0.6 is 11.6 Å². The number of rotatable bonds is 4. The Labute approximate surface area is 194 Å². The maximum atomic E-state index is 15.1. The van der Waals surface area contributed by atoms with E-state index in [-0.39, 0.29) is 17.9 Å². The Balaban J connectivity index is 1.68. The van der Waals surface area contributed by atoms with Crippen molar-refractivity contribution in [1.29, 1.82) is 0 Å². The van der Waals surface area contributed by atoms with Crippen LogP contribution in [0.1, 0.15) is 49.6 Å². The fourth-order valence-electron chi connectivity index (χ4n) is 4.34. The summed E-state index contributed by atoms with van der Waals surface area (Å²) in [4.78, 5) is 17.2. The summed E-state index contributed by atoms with van der Waals surface area (Å²) in [5.74, 6) is 1.03. The number of methoxy groups -OCH3 is 1. The minimum Gasteiger partial charge on any atom is -0.496 e. The lowest BCUT2D eigenvalue weighted by atomic mass is 10.0. The fraction of sp³-hybridized carbons (Fsp3) is 0.304. The molecule has 33 heavy (non-hydrogen) atoms. The zero-order valence-electron chi connectivity index (χ0n) is 18.3. The Morgan fingerprint density at radius 3 is 2.64 bits per heavy atom. The quantitative estimate of drug-likeness (QED) is 0.436. The van der Waals surface area contributed by atoms with Crippen LogP contribution < -0.4 is 10.5 Å². The molecule has 170 valence electrons. The van der Waals surface area contributed by atoms with E-state index in [1.165, 1.54) is 18.5 Å². The number of nitrogens with zero attached hydrogens (tertiary/aromatic N) is 5. The standard InChI is InChI=1S/C23H22ClFN6O2/c1-23(2,32)22-28-9-11(10-29-22)12-6-16-15(7-13(12)25)30-21-14(26)8-17(31(16)21)19-18(33-3)4-5-27-20(19)24/h4-7,9-10,14,17,32H,8,26H2,1-3H3/t14-,17-/m1/s1. The highest BCUT2D eigenvalue weighted by Gasteiger charge is 2.36. The number of aromatic nitrogens is 5. The molecule has 8 nitrogen and oxygen atoms in total. The van der Waals surface area contributed by atoms with E-state index in [9.17, 15) is 5.11 Å². The van der Waals surface area contributed by atoms with E-state index in [2.05, 4.69) is 19.9 Å². The minimum atomic E-state index is -1.20. The first kappa shape index (κ1) is 21.7. The van der Waals surface area contributed by atoms with Gasteiger partial charge in [0.1, 0.15) is 28.1 Å². The number of fused-ring (bicyclic) bond motifs is 3. The van der Waals surface area contributed by atoms with Crippen LogP contribution in [0, 0.1) is 5.82 Å². The van der Waals surface area contributed by atoms with Crippen molar-refractivity contribution in [2.45, 2.75) is 38.0 Å². The van der Waals surface area contributed by atoms with Gasteiger partial charge in [-0.2, -0.15) is 0 Å². The summed E-state index contributed by atoms with van der Waals surface area (Å²) in [5, 5.41) is 10.4. The summed E-state index contributed by atoms with van der Waals surface area (Å²) in [7, 11) is 1.57. The molecule has 1 aliphatic heterocycles. The maximum Gasteiger partial charge on any atom is 0.159 e. The Hall–Kier alpha value is -3.14. The number of hydrogen-bond donors (Lipinski definition) is 2. The van der Waals surface area contributed by atoms with Crippen molar-refractivity contribution in [2.75, 3.05) is 7.11 Å². The van der Waals surface area contributed by atoms with E-state index < -0.39 is 11.4 Å². The van der Waals surface area contributed by atoms with Gasteiger partial charge < -0.3 is 20.1 Å². The highest BCUT2D eigenvalue weighted by Crippen LogP contribution is 2.45. The van der Waals surface area contributed by atoms with Crippen molar-refractivity contribution < 1.29 is 14.2 Å². The summed E-state index contributed by atoms with van der Waals surface area (Å²) in [6, 6.07) is 4.21. The Kier molecular flexibility index (Phi) is 5.08. The highest BCUT2D eigenvalue weighted by atomic mass is 35.5. The van der Waals surface area contributed by atoms with Crippen LogP contribution in [-0.4, -0.2) is 36.7 Å². The number of ether oxygens (including phenoxy) is 1. The largest absolute Gasteiger partial charge is 0.496 e. The van der Waals surface area contributed by atoms with Crippen LogP contribution in [0.2, 0.25) is 5.15 Å². The summed E-state index contributed by atoms with van der Waals surface area (Å²) >= 11 is 6.46. The van der Waals surface area contributed by atoms with Crippen LogP contribution in [0.4, 0.5) is 4.39 Å². The van der Waals surface area contributed by atoms with Crippen molar-refractivity contribution in [1.82, 2.24) is 24.5 Å². The van der Waals surface area contributed by atoms with Gasteiger partial charge in [-0.15, -0.1) is 0 Å². The minimum absolute atomic E-state index is 0.252. The van der Waals surface area contributed by atoms with Gasteiger partial charge in [-0.3, -0.25) is 0 Å². The van der Waals surface area contributed by atoms with E-state index >= 15 is 4.39 Å². The molecule has 0 aliphatic carbocycles. The molecule has 0 radical (unpaired) electrons. The molecular weight excluding hydrogens is 447 g/mol. The number of halogens is 2. The smallest absolute Gasteiger partial charge is 0.159 e. The van der Waals surface area contributed by atoms with Gasteiger partial charge in [0, 0.05) is 35.8 Å². The van der Waals surface area contributed by atoms with Crippen molar-refractivity contribution in [3.63, 3.8) is 0 Å². The van der Waals surface area contributed by atoms with E-state index in [1.54, 1.807) is 39.3 Å². The van der Waals surface area contributed by atoms with Crippen LogP contribution in [0.25, 0.3) is 22.2 Å². The molecule has 5 rings (SSSR count). The molecule has 4 heterocycles. The van der Waals surface area contributed by atoms with Gasteiger partial charge in [-0.05, 0) is 32.4 Å². The predicted molar refractivity (Wildman–Crippen MR) is 121 cm³/mol. The van der Waals surface area contributed by atoms with E-state index in [0.29, 0.717) is 50.9 Å². The molecule has 4 aromatic rings. The summed E-state index contributed by atoms with van der Waals surface area (Å²) in [6.07, 6.45) is 5.12. The van der Waals surface area contributed by atoms with Gasteiger partial charge in [-0.1, -0.05) is 11.6 Å². The van der Waals surface area contributed by atoms with E-state index in [4.69, 9.17) is 22.1 Å². The SMILES string of the molecule is COc1ccnc(Cl)c1[C@H]1C[C@@H](N)c2nc3cc(F)c(-c4cnc(C(C)(C)O)nc4)cc3n21. The maximum absolute atomic E-state index is 15.1. The molecule has 0 bridgehead atoms. The third kappa shape index (κ3) is 3.52. The van der Waals surface area contributed by atoms with Crippen molar-refractivity contribution >= 4 is 22.6 Å². The molecule has 0 amide bonds. The zero-order valence-corrected chi connectivity index (χ0v) is 19.0. The van der Waals surface area contributed by atoms with Crippen LogP contribution in [0.15, 0.2) is 36.8 Å². The second-order valence-corrected chi connectivity index (χ2v) is 8.95. The number of nitrogens with two attached hydrogens (primary N) is 1. The number of hydrogen-bond acceptors (Lipinski definition) is 7. The molecule has 10 heteroatoms. The average molecular weight is 469 g/mol. The molecule has 0 unspecified atom stereocenters. The van der Waals surface area contributed by atoms with Gasteiger partial charge in [0.25, 0.3) is 0 Å². The normalized spacial score (nSPS) is 18.0. The van der Waals surface area contributed by atoms with Gasteiger partial charge >= 0.3 is 0 Å². The molecular formula is C23H22ClFN6O2. The Morgan fingerprint density at radius 2 is 1.97 bits per heavy atom.